The molecule has 3 heterocycles. The van der Waals surface area contributed by atoms with Gasteiger partial charge in [0.1, 0.15) is 5.69 Å². The van der Waals surface area contributed by atoms with Crippen LogP contribution in [0.3, 0.4) is 0 Å². The maximum Gasteiger partial charge on any atom is 0.321 e. The Labute approximate surface area is 214 Å². The summed E-state index contributed by atoms with van der Waals surface area (Å²) < 4.78 is 0. The van der Waals surface area contributed by atoms with Gasteiger partial charge in [0.25, 0.3) is 5.56 Å². The van der Waals surface area contributed by atoms with E-state index in [2.05, 4.69) is 26.8 Å². The Morgan fingerprint density at radius 1 is 1.14 bits per heavy atom. The zero-order valence-electron chi connectivity index (χ0n) is 20.6. The summed E-state index contributed by atoms with van der Waals surface area (Å²) in [6.07, 6.45) is 3.64. The van der Waals surface area contributed by atoms with E-state index in [-0.39, 0.29) is 42.7 Å². The summed E-state index contributed by atoms with van der Waals surface area (Å²) in [5.74, 6) is 5.37. The van der Waals surface area contributed by atoms with Gasteiger partial charge in [0.2, 0.25) is 11.7 Å². The fraction of sp³-hybridized carbons (Fsp3) is 0.296. The van der Waals surface area contributed by atoms with Gasteiger partial charge in [-0.05, 0) is 50.1 Å². The van der Waals surface area contributed by atoms with Gasteiger partial charge in [-0.2, -0.15) is 0 Å². The molecule has 0 bridgehead atoms. The summed E-state index contributed by atoms with van der Waals surface area (Å²) >= 11 is 0. The maximum atomic E-state index is 13.2. The molecule has 1 fully saturated rings. The number of aryl methyl sites for hydroxylation is 1. The van der Waals surface area contributed by atoms with Crippen molar-refractivity contribution >= 4 is 11.9 Å². The van der Waals surface area contributed by atoms with Crippen LogP contribution in [0.4, 0.5) is 4.79 Å². The van der Waals surface area contributed by atoms with Gasteiger partial charge >= 0.3 is 6.03 Å². The van der Waals surface area contributed by atoms with Crippen molar-refractivity contribution in [2.24, 2.45) is 5.73 Å². The highest BCUT2D eigenvalue weighted by Crippen LogP contribution is 2.32. The highest BCUT2D eigenvalue weighted by atomic mass is 16.3. The van der Waals surface area contributed by atoms with Crippen LogP contribution >= 0.6 is 0 Å². The van der Waals surface area contributed by atoms with E-state index in [4.69, 9.17) is 5.73 Å². The van der Waals surface area contributed by atoms with Crippen LogP contribution in [0, 0.1) is 11.8 Å². The van der Waals surface area contributed by atoms with Crippen molar-refractivity contribution in [1.29, 1.82) is 0 Å². The predicted molar refractivity (Wildman–Crippen MR) is 136 cm³/mol. The lowest BCUT2D eigenvalue weighted by Crippen LogP contribution is -2.37. The molecule has 1 saturated heterocycles. The van der Waals surface area contributed by atoms with Crippen molar-refractivity contribution in [2.75, 3.05) is 6.54 Å². The SMILES string of the molecule is CC(C)N1C(=O)N(Cc2nc[nH]c(=O)c2O)CC1c1ccc(C#Cc2ccc(CCC(N)=O)nc2)cc1. The van der Waals surface area contributed by atoms with Crippen LogP contribution in [0.5, 0.6) is 5.75 Å². The number of aromatic nitrogens is 3. The number of rotatable bonds is 7. The fourth-order valence-electron chi connectivity index (χ4n) is 4.21. The van der Waals surface area contributed by atoms with Gasteiger partial charge < -0.3 is 25.6 Å². The molecular formula is C27H28N6O4. The van der Waals surface area contributed by atoms with Crippen LogP contribution in [0.2, 0.25) is 0 Å². The number of amides is 3. The van der Waals surface area contributed by atoms with Crippen LogP contribution in [-0.2, 0) is 17.8 Å². The van der Waals surface area contributed by atoms with Gasteiger partial charge in [0, 0.05) is 42.0 Å². The quantitative estimate of drug-likeness (QED) is 0.424. The van der Waals surface area contributed by atoms with Crippen molar-refractivity contribution in [2.45, 2.75) is 45.3 Å². The number of nitrogens with one attached hydrogen (secondary N) is 1. The summed E-state index contributed by atoms with van der Waals surface area (Å²) in [7, 11) is 0. The van der Waals surface area contributed by atoms with Crippen LogP contribution in [0.15, 0.2) is 53.7 Å². The van der Waals surface area contributed by atoms with Crippen LogP contribution < -0.4 is 11.3 Å². The fourth-order valence-corrected chi connectivity index (χ4v) is 4.21. The largest absolute Gasteiger partial charge is 0.502 e. The number of hydrogen-bond donors (Lipinski definition) is 3. The highest BCUT2D eigenvalue weighted by Gasteiger charge is 2.39. The minimum absolute atomic E-state index is 0.0349. The molecule has 3 aromatic rings. The van der Waals surface area contributed by atoms with Crippen molar-refractivity contribution in [1.82, 2.24) is 24.8 Å². The average molecular weight is 501 g/mol. The summed E-state index contributed by atoms with van der Waals surface area (Å²) in [5, 5.41) is 10.0. The van der Waals surface area contributed by atoms with Crippen molar-refractivity contribution in [3.63, 3.8) is 0 Å². The molecule has 0 spiro atoms. The molecule has 0 radical (unpaired) electrons. The number of aromatic hydroxyl groups is 1. The molecule has 4 rings (SSSR count). The minimum Gasteiger partial charge on any atom is -0.502 e. The number of nitrogens with two attached hydrogens (primary N) is 1. The number of carbonyl (C=O) groups excluding carboxylic acids is 2. The van der Waals surface area contributed by atoms with E-state index in [0.717, 1.165) is 22.4 Å². The molecule has 1 aromatic carbocycles. The topological polar surface area (TPSA) is 146 Å². The first-order valence-corrected chi connectivity index (χ1v) is 11.9. The molecule has 0 aliphatic carbocycles. The third-order valence-corrected chi connectivity index (χ3v) is 6.12. The third kappa shape index (κ3) is 5.95. The Bertz CT molecular complexity index is 1400. The molecule has 1 atom stereocenters. The van der Waals surface area contributed by atoms with E-state index in [0.29, 0.717) is 13.0 Å². The van der Waals surface area contributed by atoms with Crippen LogP contribution in [0.1, 0.15) is 54.4 Å². The van der Waals surface area contributed by atoms with Crippen LogP contribution in [0.25, 0.3) is 0 Å². The monoisotopic (exact) mass is 500 g/mol. The molecule has 4 N–H and O–H groups in total. The summed E-state index contributed by atoms with van der Waals surface area (Å²) in [6.45, 7) is 4.33. The van der Waals surface area contributed by atoms with Gasteiger partial charge in [-0.1, -0.05) is 24.0 Å². The normalized spacial score (nSPS) is 15.1. The average Bonchev–Trinajstić information content (AvgIpc) is 3.21. The van der Waals surface area contributed by atoms with Crippen molar-refractivity contribution in [3.05, 3.63) is 87.4 Å². The molecule has 190 valence electrons. The molecule has 0 saturated carbocycles. The summed E-state index contributed by atoms with van der Waals surface area (Å²) in [6, 6.07) is 11.0. The predicted octanol–water partition coefficient (Wildman–Crippen LogP) is 2.08. The van der Waals surface area contributed by atoms with Gasteiger partial charge in [0.05, 0.1) is 18.9 Å². The molecule has 2 aromatic heterocycles. The van der Waals surface area contributed by atoms with E-state index in [1.54, 1.807) is 16.0 Å². The molecule has 37 heavy (non-hydrogen) atoms. The smallest absolute Gasteiger partial charge is 0.321 e. The number of hydrogen-bond acceptors (Lipinski definition) is 6. The van der Waals surface area contributed by atoms with Crippen LogP contribution in [-0.4, -0.2) is 54.4 Å². The first-order chi connectivity index (χ1) is 17.7. The maximum absolute atomic E-state index is 13.2. The second kappa shape index (κ2) is 11.0. The Kier molecular flexibility index (Phi) is 7.53. The first kappa shape index (κ1) is 25.4. The lowest BCUT2D eigenvalue weighted by atomic mass is 10.0. The Hall–Kier alpha value is -4.65. The lowest BCUT2D eigenvalue weighted by Gasteiger charge is -2.27. The molecule has 10 nitrogen and oxygen atoms in total. The second-order valence-corrected chi connectivity index (χ2v) is 9.08. The standard InChI is InChI=1S/C27H28N6O4/c1-17(2)33-23(15-32(27(33)37)14-22-25(35)26(36)31-16-30-22)20-8-5-18(6-9-20)3-4-19-7-10-21(29-13-19)11-12-24(28)34/h5-10,13,16-17,23,35H,11-12,14-15H2,1-2H3,(H2,28,34)(H,30,31,36). The Morgan fingerprint density at radius 3 is 2.49 bits per heavy atom. The number of primary amides is 1. The molecular weight excluding hydrogens is 472 g/mol. The van der Waals surface area contributed by atoms with Gasteiger partial charge in [-0.3, -0.25) is 14.6 Å². The molecule has 3 amide bonds. The summed E-state index contributed by atoms with van der Waals surface area (Å²) in [5.41, 5.74) is 8.01. The van der Waals surface area contributed by atoms with E-state index in [1.165, 1.54) is 6.33 Å². The number of H-pyrrole nitrogens is 1. The van der Waals surface area contributed by atoms with Gasteiger partial charge in [0.15, 0.2) is 0 Å². The number of pyridine rings is 1. The van der Waals surface area contributed by atoms with E-state index in [1.807, 2.05) is 50.2 Å². The van der Waals surface area contributed by atoms with Crippen molar-refractivity contribution in [3.8, 4) is 17.6 Å². The molecule has 10 heteroatoms. The zero-order valence-corrected chi connectivity index (χ0v) is 20.6. The first-order valence-electron chi connectivity index (χ1n) is 11.9. The number of carbonyl (C=O) groups is 2. The third-order valence-electron chi connectivity index (χ3n) is 6.12. The highest BCUT2D eigenvalue weighted by molar-refractivity contribution is 5.78. The number of nitrogens with zero attached hydrogens (tertiary/aromatic N) is 4. The number of urea groups is 1. The molecule has 1 aliphatic rings. The van der Waals surface area contributed by atoms with Gasteiger partial charge in [-0.15, -0.1) is 0 Å². The van der Waals surface area contributed by atoms with E-state index < -0.39 is 11.3 Å². The lowest BCUT2D eigenvalue weighted by molar-refractivity contribution is -0.118. The van der Waals surface area contributed by atoms with Gasteiger partial charge in [-0.25, -0.2) is 9.78 Å². The van der Waals surface area contributed by atoms with Crippen molar-refractivity contribution < 1.29 is 14.7 Å². The van der Waals surface area contributed by atoms with E-state index in [9.17, 15) is 19.5 Å². The molecule has 1 unspecified atom stereocenters. The van der Waals surface area contributed by atoms with E-state index >= 15 is 0 Å². The Morgan fingerprint density at radius 2 is 1.84 bits per heavy atom. The zero-order chi connectivity index (χ0) is 26.5. The molecule has 1 aliphatic heterocycles. The Balaban J connectivity index is 1.47. The second-order valence-electron chi connectivity index (χ2n) is 9.08. The summed E-state index contributed by atoms with van der Waals surface area (Å²) in [4.78, 5) is 49.8. The number of aromatic amines is 1. The minimum atomic E-state index is -0.639. The number of benzene rings is 1.